The van der Waals surface area contributed by atoms with Crippen molar-refractivity contribution in [2.45, 2.75) is 32.6 Å². The standard InChI is InChI=1S/C18H24O5/c1-3-22-16(20)18(17(21)23-4-2)11-10-14(12-19)15(18)13-8-6-5-7-9-13/h5-9,14-15,19H,3-4,10-12H2,1-2H3/t14-,15-/m1/s1. The topological polar surface area (TPSA) is 72.8 Å². The molecule has 0 radical (unpaired) electrons. The van der Waals surface area contributed by atoms with Crippen molar-refractivity contribution in [1.29, 1.82) is 0 Å². The summed E-state index contributed by atoms with van der Waals surface area (Å²) in [7, 11) is 0. The minimum atomic E-state index is -1.37. The molecule has 0 heterocycles. The van der Waals surface area contributed by atoms with Crippen LogP contribution in [0, 0.1) is 11.3 Å². The van der Waals surface area contributed by atoms with Crippen LogP contribution in [0.3, 0.4) is 0 Å². The summed E-state index contributed by atoms with van der Waals surface area (Å²) >= 11 is 0. The zero-order valence-electron chi connectivity index (χ0n) is 13.7. The van der Waals surface area contributed by atoms with Crippen LogP contribution in [0.2, 0.25) is 0 Å². The number of ether oxygens (including phenoxy) is 2. The van der Waals surface area contributed by atoms with E-state index in [0.717, 1.165) is 5.56 Å². The quantitative estimate of drug-likeness (QED) is 0.643. The molecule has 0 amide bonds. The van der Waals surface area contributed by atoms with Crippen LogP contribution >= 0.6 is 0 Å². The molecule has 1 aliphatic rings. The fraction of sp³-hybridized carbons (Fsp3) is 0.556. The minimum absolute atomic E-state index is 0.0832. The third kappa shape index (κ3) is 3.11. The fourth-order valence-electron chi connectivity index (χ4n) is 3.61. The van der Waals surface area contributed by atoms with E-state index in [1.165, 1.54) is 0 Å². The van der Waals surface area contributed by atoms with Gasteiger partial charge < -0.3 is 14.6 Å². The van der Waals surface area contributed by atoms with Crippen LogP contribution in [-0.4, -0.2) is 36.9 Å². The van der Waals surface area contributed by atoms with E-state index in [4.69, 9.17) is 9.47 Å². The van der Waals surface area contributed by atoms with Crippen molar-refractivity contribution in [3.8, 4) is 0 Å². The van der Waals surface area contributed by atoms with E-state index < -0.39 is 23.3 Å². The van der Waals surface area contributed by atoms with Crippen molar-refractivity contribution in [3.05, 3.63) is 35.9 Å². The first kappa shape index (κ1) is 17.5. The van der Waals surface area contributed by atoms with Crippen molar-refractivity contribution in [3.63, 3.8) is 0 Å². The van der Waals surface area contributed by atoms with Gasteiger partial charge in [0, 0.05) is 12.5 Å². The third-order valence-corrected chi connectivity index (χ3v) is 4.58. The normalized spacial score (nSPS) is 22.6. The molecule has 1 saturated carbocycles. The van der Waals surface area contributed by atoms with Gasteiger partial charge in [0.1, 0.15) is 0 Å². The van der Waals surface area contributed by atoms with Gasteiger partial charge in [-0.05, 0) is 38.2 Å². The number of rotatable bonds is 6. The molecule has 1 aromatic carbocycles. The van der Waals surface area contributed by atoms with E-state index >= 15 is 0 Å². The van der Waals surface area contributed by atoms with Gasteiger partial charge in [-0.25, -0.2) is 0 Å². The monoisotopic (exact) mass is 320 g/mol. The summed E-state index contributed by atoms with van der Waals surface area (Å²) in [5.41, 5.74) is -0.522. The summed E-state index contributed by atoms with van der Waals surface area (Å²) in [6, 6.07) is 9.37. The van der Waals surface area contributed by atoms with Crippen LogP contribution in [0.4, 0.5) is 0 Å². The molecule has 1 fully saturated rings. The minimum Gasteiger partial charge on any atom is -0.465 e. The summed E-state index contributed by atoms with van der Waals surface area (Å²) in [6.07, 6.45) is 0.906. The summed E-state index contributed by atoms with van der Waals surface area (Å²) < 4.78 is 10.4. The van der Waals surface area contributed by atoms with Gasteiger partial charge in [-0.1, -0.05) is 30.3 Å². The van der Waals surface area contributed by atoms with Crippen LogP contribution in [-0.2, 0) is 19.1 Å². The van der Waals surface area contributed by atoms with Crippen LogP contribution < -0.4 is 0 Å². The molecule has 0 aromatic heterocycles. The van der Waals surface area contributed by atoms with Gasteiger partial charge >= 0.3 is 11.9 Å². The number of hydrogen-bond acceptors (Lipinski definition) is 5. The Morgan fingerprint density at radius 1 is 1.13 bits per heavy atom. The summed E-state index contributed by atoms with van der Waals surface area (Å²) in [6.45, 7) is 3.75. The Morgan fingerprint density at radius 2 is 1.70 bits per heavy atom. The molecule has 0 saturated heterocycles. The number of hydrogen-bond donors (Lipinski definition) is 1. The molecule has 126 valence electrons. The zero-order valence-corrected chi connectivity index (χ0v) is 13.7. The Kier molecular flexibility index (Phi) is 5.77. The van der Waals surface area contributed by atoms with E-state index in [1.54, 1.807) is 13.8 Å². The first-order valence-corrected chi connectivity index (χ1v) is 8.12. The number of aliphatic hydroxyl groups is 1. The lowest BCUT2D eigenvalue weighted by Gasteiger charge is -2.33. The molecule has 0 aliphatic heterocycles. The average Bonchev–Trinajstić information content (AvgIpc) is 2.96. The zero-order chi connectivity index (χ0) is 16.9. The molecule has 1 aromatic rings. The van der Waals surface area contributed by atoms with Crippen LogP contribution in [0.1, 0.15) is 38.2 Å². The molecule has 2 atom stereocenters. The van der Waals surface area contributed by atoms with Gasteiger partial charge in [-0.3, -0.25) is 9.59 Å². The Hall–Kier alpha value is -1.88. The molecule has 1 aliphatic carbocycles. The van der Waals surface area contributed by atoms with Crippen LogP contribution in [0.15, 0.2) is 30.3 Å². The Balaban J connectivity index is 2.53. The number of esters is 2. The fourth-order valence-corrected chi connectivity index (χ4v) is 3.61. The predicted octanol–water partition coefficient (Wildman–Crippen LogP) is 2.29. The van der Waals surface area contributed by atoms with Crippen molar-refractivity contribution >= 4 is 11.9 Å². The van der Waals surface area contributed by atoms with E-state index in [-0.39, 0.29) is 25.7 Å². The highest BCUT2D eigenvalue weighted by Gasteiger charge is 2.61. The summed E-state index contributed by atoms with van der Waals surface area (Å²) in [5, 5.41) is 9.75. The predicted molar refractivity (Wildman–Crippen MR) is 84.7 cm³/mol. The lowest BCUT2D eigenvalue weighted by Crippen LogP contribution is -2.45. The molecule has 23 heavy (non-hydrogen) atoms. The van der Waals surface area contributed by atoms with Gasteiger partial charge in [-0.15, -0.1) is 0 Å². The van der Waals surface area contributed by atoms with E-state index in [9.17, 15) is 14.7 Å². The second-order valence-corrected chi connectivity index (χ2v) is 5.78. The molecular formula is C18H24O5. The van der Waals surface area contributed by atoms with Crippen LogP contribution in [0.5, 0.6) is 0 Å². The molecule has 0 unspecified atom stereocenters. The van der Waals surface area contributed by atoms with E-state index in [1.807, 2.05) is 30.3 Å². The number of aliphatic hydroxyl groups excluding tert-OH is 1. The highest BCUT2D eigenvalue weighted by molar-refractivity contribution is 6.01. The van der Waals surface area contributed by atoms with Crippen LogP contribution in [0.25, 0.3) is 0 Å². The van der Waals surface area contributed by atoms with Gasteiger partial charge in [0.2, 0.25) is 0 Å². The Bertz CT molecular complexity index is 522. The smallest absolute Gasteiger partial charge is 0.324 e. The largest absolute Gasteiger partial charge is 0.465 e. The molecule has 0 bridgehead atoms. The van der Waals surface area contributed by atoms with Gasteiger partial charge in [-0.2, -0.15) is 0 Å². The Labute approximate surface area is 136 Å². The molecule has 1 N–H and O–H groups in total. The number of benzene rings is 1. The summed E-state index contributed by atoms with van der Waals surface area (Å²) in [4.78, 5) is 25.4. The Morgan fingerprint density at radius 3 is 2.17 bits per heavy atom. The van der Waals surface area contributed by atoms with E-state index in [0.29, 0.717) is 12.8 Å². The maximum atomic E-state index is 12.7. The summed E-state index contributed by atoms with van der Waals surface area (Å²) in [5.74, 6) is -1.72. The van der Waals surface area contributed by atoms with Gasteiger partial charge in [0.15, 0.2) is 5.41 Å². The third-order valence-electron chi connectivity index (χ3n) is 4.58. The first-order chi connectivity index (χ1) is 11.1. The van der Waals surface area contributed by atoms with Gasteiger partial charge in [0.25, 0.3) is 0 Å². The second kappa shape index (κ2) is 7.59. The second-order valence-electron chi connectivity index (χ2n) is 5.78. The average molecular weight is 320 g/mol. The van der Waals surface area contributed by atoms with Crippen molar-refractivity contribution in [1.82, 2.24) is 0 Å². The molecule has 2 rings (SSSR count). The van der Waals surface area contributed by atoms with Crippen molar-refractivity contribution in [2.75, 3.05) is 19.8 Å². The maximum absolute atomic E-state index is 12.7. The van der Waals surface area contributed by atoms with Crippen molar-refractivity contribution < 1.29 is 24.2 Å². The lowest BCUT2D eigenvalue weighted by atomic mass is 9.71. The SMILES string of the molecule is CCOC(=O)C1(C(=O)OCC)CC[C@H](CO)[C@H]1c1ccccc1. The van der Waals surface area contributed by atoms with Crippen molar-refractivity contribution in [2.24, 2.45) is 11.3 Å². The highest BCUT2D eigenvalue weighted by Crippen LogP contribution is 2.54. The number of carbonyl (C=O) groups excluding carboxylic acids is 2. The first-order valence-electron chi connectivity index (χ1n) is 8.12. The maximum Gasteiger partial charge on any atom is 0.324 e. The highest BCUT2D eigenvalue weighted by atomic mass is 16.6. The van der Waals surface area contributed by atoms with Gasteiger partial charge in [0.05, 0.1) is 13.2 Å². The molecular weight excluding hydrogens is 296 g/mol. The molecule has 0 spiro atoms. The molecule has 5 nitrogen and oxygen atoms in total. The lowest BCUT2D eigenvalue weighted by molar-refractivity contribution is -0.173. The van der Waals surface area contributed by atoms with E-state index in [2.05, 4.69) is 0 Å². The number of carbonyl (C=O) groups is 2. The molecule has 5 heteroatoms.